The lowest BCUT2D eigenvalue weighted by Gasteiger charge is -2.08. The number of nitrogens with zero attached hydrogens (tertiary/aromatic N) is 1. The minimum Gasteiger partial charge on any atom is -0.381 e. The number of methoxy groups -OCH3 is 1. The number of amides is 1. The molecule has 0 radical (unpaired) electrons. The molecule has 1 aromatic rings. The van der Waals surface area contributed by atoms with E-state index in [1.54, 1.807) is 25.1 Å². The van der Waals surface area contributed by atoms with Crippen molar-refractivity contribution in [2.75, 3.05) is 13.4 Å². The summed E-state index contributed by atoms with van der Waals surface area (Å²) in [7, 11) is -1.20. The van der Waals surface area contributed by atoms with Crippen LogP contribution in [0.25, 0.3) is 0 Å². The topological polar surface area (TPSA) is 55.7 Å². The van der Waals surface area contributed by atoms with Gasteiger partial charge in [-0.3, -0.25) is 4.79 Å². The molecule has 0 saturated heterocycles. The zero-order valence-corrected chi connectivity index (χ0v) is 13.0. The molecule has 1 aromatic carbocycles. The highest BCUT2D eigenvalue weighted by molar-refractivity contribution is 9.10. The highest BCUT2D eigenvalue weighted by Gasteiger charge is 2.14. The van der Waals surface area contributed by atoms with E-state index in [9.17, 15) is 9.00 Å². The Balaban J connectivity index is 3.04. The van der Waals surface area contributed by atoms with Crippen LogP contribution in [0.5, 0.6) is 0 Å². The van der Waals surface area contributed by atoms with Gasteiger partial charge in [0.05, 0.1) is 27.1 Å². The predicted octanol–water partition coefficient (Wildman–Crippen LogP) is 2.86. The van der Waals surface area contributed by atoms with Crippen molar-refractivity contribution in [1.82, 2.24) is 0 Å². The minimum atomic E-state index is -2.72. The number of hydrogen-bond donors (Lipinski definition) is 0. The quantitative estimate of drug-likeness (QED) is 0.851. The molecular formula is C12H16BrNO3S. The molecule has 1 rings (SSSR count). The van der Waals surface area contributed by atoms with Crippen molar-refractivity contribution in [2.45, 2.75) is 24.3 Å². The molecule has 0 aliphatic carbocycles. The van der Waals surface area contributed by atoms with Gasteiger partial charge in [0, 0.05) is 17.8 Å². The van der Waals surface area contributed by atoms with Crippen LogP contribution < -0.4 is 0 Å². The average Bonchev–Trinajstić information content (AvgIpc) is 2.28. The highest BCUT2D eigenvalue weighted by Crippen LogP contribution is 2.22. The van der Waals surface area contributed by atoms with Crippen LogP contribution in [0.4, 0.5) is 0 Å². The van der Waals surface area contributed by atoms with Gasteiger partial charge in [-0.05, 0) is 35.0 Å². The third-order valence-electron chi connectivity index (χ3n) is 2.39. The molecule has 0 aliphatic heterocycles. The Morgan fingerprint density at radius 3 is 2.67 bits per heavy atom. The second kappa shape index (κ2) is 6.45. The van der Waals surface area contributed by atoms with E-state index in [4.69, 9.17) is 4.74 Å². The summed E-state index contributed by atoms with van der Waals surface area (Å²) >= 11 is 3.31. The third kappa shape index (κ3) is 4.19. The molecule has 0 bridgehead atoms. The Hall–Kier alpha value is -0.720. The molecule has 0 N–H and O–H groups in total. The second-order valence-corrected chi connectivity index (χ2v) is 7.05. The average molecular weight is 334 g/mol. The Labute approximate surface area is 116 Å². The van der Waals surface area contributed by atoms with E-state index in [0.717, 1.165) is 0 Å². The molecule has 2 unspecified atom stereocenters. The van der Waals surface area contributed by atoms with E-state index in [1.165, 1.54) is 13.4 Å². The standard InChI is InChI=1S/C12H16BrNO3S/c1-9(17-2)8-12(15)14-18(3,16)11-7-5-4-6-10(11)13/h4-7,9H,8H2,1-3H3. The first kappa shape index (κ1) is 15.3. The van der Waals surface area contributed by atoms with Crippen molar-refractivity contribution in [1.29, 1.82) is 0 Å². The van der Waals surface area contributed by atoms with Crippen LogP contribution in [0, 0.1) is 0 Å². The van der Waals surface area contributed by atoms with Crippen LogP contribution in [0.2, 0.25) is 0 Å². The monoisotopic (exact) mass is 333 g/mol. The summed E-state index contributed by atoms with van der Waals surface area (Å²) in [5, 5.41) is 0. The van der Waals surface area contributed by atoms with Crippen LogP contribution in [-0.4, -0.2) is 29.6 Å². The van der Waals surface area contributed by atoms with E-state index in [-0.39, 0.29) is 12.5 Å². The van der Waals surface area contributed by atoms with Crippen LogP contribution in [0.15, 0.2) is 38.0 Å². The maximum absolute atomic E-state index is 12.4. The Morgan fingerprint density at radius 1 is 1.50 bits per heavy atom. The van der Waals surface area contributed by atoms with Gasteiger partial charge in [-0.1, -0.05) is 12.1 Å². The number of ether oxygens (including phenoxy) is 1. The molecule has 6 heteroatoms. The first-order valence-electron chi connectivity index (χ1n) is 5.39. The summed E-state index contributed by atoms with van der Waals surface area (Å²) in [5.74, 6) is -0.410. The summed E-state index contributed by atoms with van der Waals surface area (Å²) in [6, 6.07) is 7.05. The molecule has 2 atom stereocenters. The van der Waals surface area contributed by atoms with Crippen molar-refractivity contribution in [3.8, 4) is 0 Å². The van der Waals surface area contributed by atoms with Gasteiger partial charge in [0.25, 0.3) is 5.91 Å². The number of benzene rings is 1. The van der Waals surface area contributed by atoms with E-state index < -0.39 is 15.6 Å². The number of rotatable bonds is 4. The maximum Gasteiger partial charge on any atom is 0.256 e. The van der Waals surface area contributed by atoms with Gasteiger partial charge in [0.15, 0.2) is 0 Å². The van der Waals surface area contributed by atoms with Crippen molar-refractivity contribution >= 4 is 31.6 Å². The molecule has 18 heavy (non-hydrogen) atoms. The fraction of sp³-hybridized carbons (Fsp3) is 0.417. The fourth-order valence-electron chi connectivity index (χ4n) is 1.36. The number of halogens is 1. The molecule has 0 fully saturated rings. The second-order valence-electron chi connectivity index (χ2n) is 3.97. The van der Waals surface area contributed by atoms with Crippen LogP contribution in [0.1, 0.15) is 13.3 Å². The van der Waals surface area contributed by atoms with Crippen molar-refractivity contribution in [2.24, 2.45) is 4.36 Å². The van der Waals surface area contributed by atoms with Crippen LogP contribution >= 0.6 is 15.9 Å². The molecule has 0 spiro atoms. The zero-order valence-electron chi connectivity index (χ0n) is 10.6. The first-order valence-corrected chi connectivity index (χ1v) is 8.11. The lowest BCUT2D eigenvalue weighted by Crippen LogP contribution is -2.12. The van der Waals surface area contributed by atoms with E-state index in [0.29, 0.717) is 9.37 Å². The fourth-order valence-corrected chi connectivity index (χ4v) is 3.87. The molecule has 0 heterocycles. The first-order chi connectivity index (χ1) is 8.36. The van der Waals surface area contributed by atoms with Gasteiger partial charge in [-0.2, -0.15) is 4.36 Å². The lowest BCUT2D eigenvalue weighted by atomic mass is 10.3. The van der Waals surface area contributed by atoms with Gasteiger partial charge in [-0.15, -0.1) is 0 Å². The normalized spacial score (nSPS) is 15.8. The molecule has 1 amide bonds. The Morgan fingerprint density at radius 2 is 2.11 bits per heavy atom. The molecule has 0 saturated carbocycles. The lowest BCUT2D eigenvalue weighted by molar-refractivity contribution is -0.119. The van der Waals surface area contributed by atoms with Gasteiger partial charge in [0.2, 0.25) is 0 Å². The van der Waals surface area contributed by atoms with Crippen molar-refractivity contribution in [3.63, 3.8) is 0 Å². The number of carbonyl (C=O) groups is 1. The molecule has 4 nitrogen and oxygen atoms in total. The zero-order chi connectivity index (χ0) is 13.8. The summed E-state index contributed by atoms with van der Waals surface area (Å²) < 4.78 is 21.9. The van der Waals surface area contributed by atoms with Gasteiger partial charge in [0.1, 0.15) is 0 Å². The Kier molecular flexibility index (Phi) is 5.49. The molecule has 0 aliphatic rings. The number of carbonyl (C=O) groups excluding carboxylic acids is 1. The van der Waals surface area contributed by atoms with Crippen molar-refractivity contribution in [3.05, 3.63) is 28.7 Å². The maximum atomic E-state index is 12.4. The van der Waals surface area contributed by atoms with E-state index in [2.05, 4.69) is 20.3 Å². The van der Waals surface area contributed by atoms with E-state index in [1.807, 2.05) is 6.07 Å². The number of hydrogen-bond acceptors (Lipinski definition) is 3. The highest BCUT2D eigenvalue weighted by atomic mass is 79.9. The van der Waals surface area contributed by atoms with Crippen LogP contribution in [-0.2, 0) is 19.3 Å². The van der Waals surface area contributed by atoms with Crippen molar-refractivity contribution < 1.29 is 13.7 Å². The molecule has 0 aromatic heterocycles. The summed E-state index contributed by atoms with van der Waals surface area (Å²) in [6.07, 6.45) is 1.37. The van der Waals surface area contributed by atoms with Gasteiger partial charge in [-0.25, -0.2) is 4.21 Å². The molecule has 100 valence electrons. The van der Waals surface area contributed by atoms with E-state index >= 15 is 0 Å². The molecular weight excluding hydrogens is 318 g/mol. The smallest absolute Gasteiger partial charge is 0.256 e. The minimum absolute atomic E-state index is 0.131. The van der Waals surface area contributed by atoms with Gasteiger partial charge < -0.3 is 4.74 Å². The SMILES string of the molecule is COC(C)CC(=O)N=S(C)(=O)c1ccccc1Br. The Bertz CT molecular complexity index is 550. The summed E-state index contributed by atoms with van der Waals surface area (Å²) in [4.78, 5) is 12.2. The predicted molar refractivity (Wildman–Crippen MR) is 75.0 cm³/mol. The van der Waals surface area contributed by atoms with Crippen LogP contribution in [0.3, 0.4) is 0 Å². The summed E-state index contributed by atoms with van der Waals surface area (Å²) in [5.41, 5.74) is 0. The third-order valence-corrected chi connectivity index (χ3v) is 5.06. The van der Waals surface area contributed by atoms with Gasteiger partial charge >= 0.3 is 0 Å². The largest absolute Gasteiger partial charge is 0.381 e. The summed E-state index contributed by atoms with van der Waals surface area (Å²) in [6.45, 7) is 1.77.